The van der Waals surface area contributed by atoms with Crippen molar-refractivity contribution in [1.82, 2.24) is 4.90 Å². The van der Waals surface area contributed by atoms with Crippen LogP contribution in [0.5, 0.6) is 0 Å². The van der Waals surface area contributed by atoms with Crippen molar-refractivity contribution < 1.29 is 19.4 Å². The summed E-state index contributed by atoms with van der Waals surface area (Å²) in [6, 6.07) is 13.8. The Morgan fingerprint density at radius 3 is 2.45 bits per heavy atom. The van der Waals surface area contributed by atoms with Gasteiger partial charge in [-0.05, 0) is 69.4 Å². The van der Waals surface area contributed by atoms with Crippen molar-refractivity contribution in [2.24, 2.45) is 0 Å². The van der Waals surface area contributed by atoms with Gasteiger partial charge in [0, 0.05) is 0 Å². The Kier molecular flexibility index (Phi) is 5.74. The predicted molar refractivity (Wildman–Crippen MR) is 112 cm³/mol. The van der Waals surface area contributed by atoms with Crippen molar-refractivity contribution in [3.63, 3.8) is 0 Å². The first kappa shape index (κ1) is 21.3. The van der Waals surface area contributed by atoms with Crippen LogP contribution >= 0.6 is 0 Å². The van der Waals surface area contributed by atoms with E-state index in [1.54, 1.807) is 4.90 Å². The van der Waals surface area contributed by atoms with Gasteiger partial charge in [-0.1, -0.05) is 42.5 Å². The maximum atomic E-state index is 13.1. The summed E-state index contributed by atoms with van der Waals surface area (Å²) in [6.07, 6.45) is -1.67. The third-order valence-electron chi connectivity index (χ3n) is 5.53. The minimum atomic E-state index is -1.20. The SMILES string of the molecule is Cc1ccccc1COC(=O)N1Cc2cccc(C)c2C1(C)C(O)OC(C)(C)C. The zero-order valence-electron chi connectivity index (χ0n) is 18.2. The molecule has 2 atom stereocenters. The van der Waals surface area contributed by atoms with Crippen LogP contribution in [0.4, 0.5) is 4.79 Å². The lowest BCUT2D eigenvalue weighted by molar-refractivity contribution is -0.222. The quantitative estimate of drug-likeness (QED) is 0.753. The molecule has 29 heavy (non-hydrogen) atoms. The van der Waals surface area contributed by atoms with E-state index in [-0.39, 0.29) is 6.61 Å². The van der Waals surface area contributed by atoms with E-state index in [2.05, 4.69) is 0 Å². The standard InChI is InChI=1S/C24H31NO4/c1-16-10-7-8-12-19(16)15-28-22(27)25-14-18-13-9-11-17(2)20(18)24(25,6)21(26)29-23(3,4)5/h7-13,21,26H,14-15H2,1-6H3. The number of benzene rings is 2. The van der Waals surface area contributed by atoms with E-state index in [1.807, 2.05) is 84.0 Å². The summed E-state index contributed by atoms with van der Waals surface area (Å²) in [6.45, 7) is 12.0. The Morgan fingerprint density at radius 2 is 1.79 bits per heavy atom. The number of aryl methyl sites for hydroxylation is 2. The van der Waals surface area contributed by atoms with Crippen LogP contribution in [0.25, 0.3) is 0 Å². The van der Waals surface area contributed by atoms with Crippen LogP contribution in [-0.4, -0.2) is 28.0 Å². The lowest BCUT2D eigenvalue weighted by atomic mass is 9.87. The second-order valence-corrected chi connectivity index (χ2v) is 8.91. The van der Waals surface area contributed by atoms with Crippen LogP contribution in [0.15, 0.2) is 42.5 Å². The van der Waals surface area contributed by atoms with Crippen LogP contribution in [0, 0.1) is 13.8 Å². The van der Waals surface area contributed by atoms with Crippen LogP contribution in [0.2, 0.25) is 0 Å². The number of hydrogen-bond donors (Lipinski definition) is 1. The molecule has 156 valence electrons. The fourth-order valence-electron chi connectivity index (χ4n) is 4.00. The molecule has 1 aliphatic rings. The van der Waals surface area contributed by atoms with E-state index in [9.17, 15) is 9.90 Å². The molecule has 0 saturated carbocycles. The molecule has 1 N–H and O–H groups in total. The van der Waals surface area contributed by atoms with Gasteiger partial charge in [-0.15, -0.1) is 0 Å². The fourth-order valence-corrected chi connectivity index (χ4v) is 4.00. The van der Waals surface area contributed by atoms with E-state index in [1.165, 1.54) is 0 Å². The van der Waals surface area contributed by atoms with Gasteiger partial charge < -0.3 is 14.6 Å². The lowest BCUT2D eigenvalue weighted by Crippen LogP contribution is -2.53. The third kappa shape index (κ3) is 4.16. The summed E-state index contributed by atoms with van der Waals surface area (Å²) in [5, 5.41) is 11.1. The number of carbonyl (C=O) groups is 1. The summed E-state index contributed by atoms with van der Waals surface area (Å²) < 4.78 is 11.6. The molecule has 2 unspecified atom stereocenters. The van der Waals surface area contributed by atoms with E-state index in [4.69, 9.17) is 9.47 Å². The fraction of sp³-hybridized carbons (Fsp3) is 0.458. The second kappa shape index (κ2) is 7.81. The molecule has 2 aromatic rings. The molecule has 0 spiro atoms. The average molecular weight is 398 g/mol. The highest BCUT2D eigenvalue weighted by atomic mass is 16.6. The van der Waals surface area contributed by atoms with Crippen LogP contribution in [0.1, 0.15) is 55.5 Å². The number of rotatable bonds is 4. The van der Waals surface area contributed by atoms with E-state index >= 15 is 0 Å². The highest BCUT2D eigenvalue weighted by Gasteiger charge is 2.52. The summed E-state index contributed by atoms with van der Waals surface area (Å²) in [5.41, 5.74) is 3.35. The van der Waals surface area contributed by atoms with Gasteiger partial charge in [-0.2, -0.15) is 0 Å². The van der Waals surface area contributed by atoms with Gasteiger partial charge in [-0.25, -0.2) is 4.79 Å². The minimum absolute atomic E-state index is 0.184. The van der Waals surface area contributed by atoms with Crippen LogP contribution in [0.3, 0.4) is 0 Å². The molecule has 0 fully saturated rings. The number of carbonyl (C=O) groups excluding carboxylic acids is 1. The highest BCUT2D eigenvalue weighted by molar-refractivity contribution is 5.71. The molecule has 5 nitrogen and oxygen atoms in total. The van der Waals surface area contributed by atoms with E-state index in [0.29, 0.717) is 6.54 Å². The summed E-state index contributed by atoms with van der Waals surface area (Å²) in [7, 11) is 0. The Balaban J connectivity index is 1.91. The van der Waals surface area contributed by atoms with Gasteiger partial charge in [0.15, 0.2) is 6.29 Å². The van der Waals surface area contributed by atoms with Crippen molar-refractivity contribution in [1.29, 1.82) is 0 Å². The van der Waals surface area contributed by atoms with Crippen molar-refractivity contribution in [3.8, 4) is 0 Å². The van der Waals surface area contributed by atoms with Crippen molar-refractivity contribution >= 4 is 6.09 Å². The summed E-state index contributed by atoms with van der Waals surface area (Å²) in [4.78, 5) is 14.7. The maximum Gasteiger partial charge on any atom is 0.411 e. The minimum Gasteiger partial charge on any atom is -0.445 e. The number of fused-ring (bicyclic) bond motifs is 1. The first-order valence-corrected chi connectivity index (χ1v) is 9.98. The number of hydrogen-bond acceptors (Lipinski definition) is 4. The van der Waals surface area contributed by atoms with Gasteiger partial charge in [-0.3, -0.25) is 4.90 Å². The molecule has 3 rings (SSSR count). The Bertz CT molecular complexity index is 902. The Labute approximate surface area is 173 Å². The van der Waals surface area contributed by atoms with Gasteiger partial charge in [0.1, 0.15) is 12.1 Å². The Morgan fingerprint density at radius 1 is 1.14 bits per heavy atom. The van der Waals surface area contributed by atoms with Crippen molar-refractivity contribution in [3.05, 3.63) is 70.3 Å². The molecule has 1 heterocycles. The molecular weight excluding hydrogens is 366 g/mol. The topological polar surface area (TPSA) is 59.0 Å². The predicted octanol–water partition coefficient (Wildman–Crippen LogP) is 4.80. The molecule has 0 radical (unpaired) electrons. The third-order valence-corrected chi connectivity index (χ3v) is 5.53. The van der Waals surface area contributed by atoms with Crippen molar-refractivity contribution in [2.45, 2.75) is 72.1 Å². The monoisotopic (exact) mass is 397 g/mol. The molecule has 1 aliphatic heterocycles. The average Bonchev–Trinajstić information content (AvgIpc) is 2.95. The first-order valence-electron chi connectivity index (χ1n) is 9.98. The smallest absolute Gasteiger partial charge is 0.411 e. The number of nitrogens with zero attached hydrogens (tertiary/aromatic N) is 1. The number of aliphatic hydroxyl groups excluding tert-OH is 1. The molecule has 5 heteroatoms. The molecule has 1 amide bonds. The van der Waals surface area contributed by atoms with Gasteiger partial charge in [0.25, 0.3) is 0 Å². The van der Waals surface area contributed by atoms with Gasteiger partial charge >= 0.3 is 6.09 Å². The molecule has 0 aromatic heterocycles. The zero-order valence-corrected chi connectivity index (χ0v) is 18.2. The molecule has 0 aliphatic carbocycles. The first-order chi connectivity index (χ1) is 13.5. The molecule has 2 aromatic carbocycles. The second-order valence-electron chi connectivity index (χ2n) is 8.91. The van der Waals surface area contributed by atoms with E-state index < -0.39 is 23.5 Å². The largest absolute Gasteiger partial charge is 0.445 e. The maximum absolute atomic E-state index is 13.1. The molecular formula is C24H31NO4. The van der Waals surface area contributed by atoms with Crippen LogP contribution < -0.4 is 0 Å². The summed E-state index contributed by atoms with van der Waals surface area (Å²) in [5.74, 6) is 0. The van der Waals surface area contributed by atoms with Gasteiger partial charge in [0.05, 0.1) is 12.1 Å². The van der Waals surface area contributed by atoms with Crippen LogP contribution in [-0.2, 0) is 28.2 Å². The van der Waals surface area contributed by atoms with Crippen molar-refractivity contribution in [2.75, 3.05) is 0 Å². The molecule has 0 bridgehead atoms. The molecule has 0 saturated heterocycles. The zero-order chi connectivity index (χ0) is 21.4. The lowest BCUT2D eigenvalue weighted by Gasteiger charge is -2.41. The Hall–Kier alpha value is -2.37. The number of ether oxygens (including phenoxy) is 2. The number of amides is 1. The van der Waals surface area contributed by atoms with Gasteiger partial charge in [0.2, 0.25) is 0 Å². The number of aliphatic hydroxyl groups is 1. The van der Waals surface area contributed by atoms with E-state index in [0.717, 1.165) is 27.8 Å². The highest BCUT2D eigenvalue weighted by Crippen LogP contribution is 2.45. The normalized spacial score (nSPS) is 19.8. The summed E-state index contributed by atoms with van der Waals surface area (Å²) >= 11 is 0.